The van der Waals surface area contributed by atoms with Gasteiger partial charge in [-0.25, -0.2) is 4.79 Å². The highest BCUT2D eigenvalue weighted by Gasteiger charge is 2.37. The van der Waals surface area contributed by atoms with Crippen LogP contribution in [0.3, 0.4) is 0 Å². The van der Waals surface area contributed by atoms with Crippen LogP contribution in [-0.2, 0) is 20.6 Å². The van der Waals surface area contributed by atoms with Crippen LogP contribution in [0, 0.1) is 11.3 Å². The minimum atomic E-state index is -0.772. The zero-order valence-electron chi connectivity index (χ0n) is 18.1. The highest BCUT2D eigenvalue weighted by Crippen LogP contribution is 2.42. The van der Waals surface area contributed by atoms with Gasteiger partial charge in [0.1, 0.15) is 11.6 Å². The van der Waals surface area contributed by atoms with E-state index in [0.717, 1.165) is 26.6 Å². The second kappa shape index (κ2) is 7.57. The van der Waals surface area contributed by atoms with Crippen molar-refractivity contribution in [1.29, 1.82) is 5.26 Å². The van der Waals surface area contributed by atoms with E-state index in [1.54, 1.807) is 0 Å². The lowest BCUT2D eigenvalue weighted by Gasteiger charge is -2.26. The molecule has 164 valence electrons. The average molecular weight is 439 g/mol. The van der Waals surface area contributed by atoms with Gasteiger partial charge in [0, 0.05) is 37.7 Å². The number of nitrogens with zero attached hydrogens (tertiary/aromatic N) is 4. The van der Waals surface area contributed by atoms with E-state index < -0.39 is 17.2 Å². The molecule has 2 aromatic carbocycles. The number of aromatic nitrogens is 3. The topological polar surface area (TPSA) is 108 Å². The fraction of sp³-hybridized carbons (Fsp3) is 0.160. The van der Waals surface area contributed by atoms with Gasteiger partial charge in [-0.15, -0.1) is 0 Å². The molecule has 33 heavy (non-hydrogen) atoms. The SMILES string of the molecule is Cn1c2c(c(=O)n(C)c1=O)[C@@H](c1cn(Cc3ccccc3)c3ccccc13)C(C#N)=C(N)O2. The third-order valence-corrected chi connectivity index (χ3v) is 6.14. The molecule has 0 spiro atoms. The first-order valence-corrected chi connectivity index (χ1v) is 10.4. The highest BCUT2D eigenvalue weighted by atomic mass is 16.5. The lowest BCUT2D eigenvalue weighted by molar-refractivity contribution is 0.348. The Balaban J connectivity index is 1.82. The fourth-order valence-electron chi connectivity index (χ4n) is 4.51. The van der Waals surface area contributed by atoms with E-state index in [0.29, 0.717) is 6.54 Å². The van der Waals surface area contributed by atoms with Crippen LogP contribution in [0.2, 0.25) is 0 Å². The second-order valence-electron chi connectivity index (χ2n) is 8.06. The van der Waals surface area contributed by atoms with Gasteiger partial charge in [-0.05, 0) is 17.2 Å². The number of hydrogen-bond donors (Lipinski definition) is 1. The van der Waals surface area contributed by atoms with E-state index in [-0.39, 0.29) is 22.9 Å². The van der Waals surface area contributed by atoms with Crippen LogP contribution in [0.25, 0.3) is 10.9 Å². The van der Waals surface area contributed by atoms with Crippen molar-refractivity contribution in [2.24, 2.45) is 19.8 Å². The molecule has 0 fully saturated rings. The number of nitrogens with two attached hydrogens (primary N) is 1. The molecule has 0 radical (unpaired) electrons. The summed E-state index contributed by atoms with van der Waals surface area (Å²) in [6.45, 7) is 0.615. The molecule has 2 aromatic heterocycles. The molecule has 0 bridgehead atoms. The van der Waals surface area contributed by atoms with Gasteiger partial charge in [0.05, 0.1) is 11.5 Å². The molecular formula is C25H21N5O3. The molecule has 4 aromatic rings. The number of benzene rings is 2. The number of rotatable bonds is 3. The van der Waals surface area contributed by atoms with Crippen molar-refractivity contribution in [3.05, 3.63) is 110 Å². The zero-order valence-corrected chi connectivity index (χ0v) is 18.1. The second-order valence-corrected chi connectivity index (χ2v) is 8.06. The Kier molecular flexibility index (Phi) is 4.68. The average Bonchev–Trinajstić information content (AvgIpc) is 3.19. The van der Waals surface area contributed by atoms with Crippen LogP contribution < -0.4 is 21.7 Å². The van der Waals surface area contributed by atoms with Crippen LogP contribution in [0.5, 0.6) is 5.88 Å². The van der Waals surface area contributed by atoms with Crippen LogP contribution in [0.15, 0.2) is 81.8 Å². The van der Waals surface area contributed by atoms with Gasteiger partial charge in [0.15, 0.2) is 0 Å². The van der Waals surface area contributed by atoms with E-state index in [2.05, 4.69) is 10.6 Å². The minimum Gasteiger partial charge on any atom is -0.423 e. The third kappa shape index (κ3) is 3.05. The number of para-hydroxylation sites is 1. The Morgan fingerprint density at radius 2 is 1.73 bits per heavy atom. The van der Waals surface area contributed by atoms with Crippen LogP contribution >= 0.6 is 0 Å². The van der Waals surface area contributed by atoms with Crippen molar-refractivity contribution in [2.75, 3.05) is 0 Å². The van der Waals surface area contributed by atoms with Crippen LogP contribution in [0.1, 0.15) is 22.6 Å². The molecule has 1 atom stereocenters. The summed E-state index contributed by atoms with van der Waals surface area (Å²) in [5, 5.41) is 10.9. The first-order valence-electron chi connectivity index (χ1n) is 10.4. The fourth-order valence-corrected chi connectivity index (χ4v) is 4.51. The first kappa shape index (κ1) is 20.4. The standard InChI is InChI=1S/C25H21N5O3/c1-28-23(31)21-20(17(12-26)22(27)33-24(21)29(2)25(28)32)18-14-30(13-15-8-4-3-5-9-15)19-11-7-6-10-16(18)19/h3-11,14,20H,13,27H2,1-2H3/t20-/m1/s1. The first-order chi connectivity index (χ1) is 15.9. The zero-order chi connectivity index (χ0) is 23.3. The predicted octanol–water partition coefficient (Wildman–Crippen LogP) is 2.31. The van der Waals surface area contributed by atoms with Crippen molar-refractivity contribution in [3.8, 4) is 11.9 Å². The molecule has 5 rings (SSSR count). The summed E-state index contributed by atoms with van der Waals surface area (Å²) in [4.78, 5) is 25.8. The monoisotopic (exact) mass is 439 g/mol. The molecule has 0 saturated carbocycles. The summed E-state index contributed by atoms with van der Waals surface area (Å²) >= 11 is 0. The van der Waals surface area contributed by atoms with Crippen molar-refractivity contribution in [3.63, 3.8) is 0 Å². The molecule has 0 amide bonds. The maximum atomic E-state index is 13.3. The molecule has 0 unspecified atom stereocenters. The Morgan fingerprint density at radius 1 is 1.03 bits per heavy atom. The van der Waals surface area contributed by atoms with Gasteiger partial charge in [0.2, 0.25) is 11.8 Å². The lowest BCUT2D eigenvalue weighted by atomic mass is 9.85. The summed E-state index contributed by atoms with van der Waals surface area (Å²) in [6, 6.07) is 20.0. The van der Waals surface area contributed by atoms with E-state index in [4.69, 9.17) is 10.5 Å². The van der Waals surface area contributed by atoms with Crippen molar-refractivity contribution in [2.45, 2.75) is 12.5 Å². The number of hydrogen-bond acceptors (Lipinski definition) is 5. The van der Waals surface area contributed by atoms with Crippen molar-refractivity contribution >= 4 is 10.9 Å². The number of allylic oxidation sites excluding steroid dienone is 1. The molecule has 8 nitrogen and oxygen atoms in total. The summed E-state index contributed by atoms with van der Waals surface area (Å²) in [5.74, 6) is -0.825. The van der Waals surface area contributed by atoms with Gasteiger partial charge < -0.3 is 15.0 Å². The highest BCUT2D eigenvalue weighted by molar-refractivity contribution is 5.86. The maximum Gasteiger partial charge on any atom is 0.333 e. The van der Waals surface area contributed by atoms with Crippen LogP contribution in [0.4, 0.5) is 0 Å². The van der Waals surface area contributed by atoms with E-state index in [1.165, 1.54) is 18.7 Å². The lowest BCUT2D eigenvalue weighted by Crippen LogP contribution is -2.42. The Hall–Kier alpha value is -4.51. The molecule has 1 aliphatic rings. The number of fused-ring (bicyclic) bond motifs is 2. The molecule has 0 aliphatic carbocycles. The molecular weight excluding hydrogens is 418 g/mol. The minimum absolute atomic E-state index is 0.0597. The largest absolute Gasteiger partial charge is 0.423 e. The van der Waals surface area contributed by atoms with Gasteiger partial charge in [-0.2, -0.15) is 5.26 Å². The quantitative estimate of drug-likeness (QED) is 0.527. The van der Waals surface area contributed by atoms with E-state index >= 15 is 0 Å². The molecule has 1 aliphatic heterocycles. The summed E-state index contributed by atoms with van der Waals surface area (Å²) in [7, 11) is 2.93. The molecule has 8 heteroatoms. The molecule has 0 saturated heterocycles. The van der Waals surface area contributed by atoms with Gasteiger partial charge >= 0.3 is 5.69 Å². The summed E-state index contributed by atoms with van der Waals surface area (Å²) < 4.78 is 9.98. The maximum absolute atomic E-state index is 13.3. The summed E-state index contributed by atoms with van der Waals surface area (Å²) in [6.07, 6.45) is 1.95. The smallest absolute Gasteiger partial charge is 0.333 e. The third-order valence-electron chi connectivity index (χ3n) is 6.14. The van der Waals surface area contributed by atoms with Crippen molar-refractivity contribution < 1.29 is 4.74 Å². The predicted molar refractivity (Wildman–Crippen MR) is 124 cm³/mol. The van der Waals surface area contributed by atoms with E-state index in [1.807, 2.05) is 60.8 Å². The van der Waals surface area contributed by atoms with Crippen LogP contribution in [-0.4, -0.2) is 13.7 Å². The molecule has 2 N–H and O–H groups in total. The van der Waals surface area contributed by atoms with Crippen molar-refractivity contribution in [1.82, 2.24) is 13.7 Å². The van der Waals surface area contributed by atoms with Gasteiger partial charge in [-0.3, -0.25) is 13.9 Å². The Morgan fingerprint density at radius 3 is 2.45 bits per heavy atom. The molecule has 3 heterocycles. The number of ether oxygens (including phenoxy) is 1. The normalized spacial score (nSPS) is 15.2. The van der Waals surface area contributed by atoms with E-state index in [9.17, 15) is 14.9 Å². The Bertz CT molecular complexity index is 1600. The summed E-state index contributed by atoms with van der Waals surface area (Å²) in [5.41, 5.74) is 8.26. The van der Waals surface area contributed by atoms with Gasteiger partial charge in [-0.1, -0.05) is 48.5 Å². The van der Waals surface area contributed by atoms with Gasteiger partial charge in [0.25, 0.3) is 5.56 Å². The number of nitriles is 1. The Labute approximate surface area is 189 Å².